The van der Waals surface area contributed by atoms with Crippen LogP contribution in [0.5, 0.6) is 0 Å². The zero-order valence-electron chi connectivity index (χ0n) is 24.8. The average Bonchev–Trinajstić information content (AvgIpc) is 2.87. The Morgan fingerprint density at radius 3 is 1.24 bits per heavy atom. The highest BCUT2D eigenvalue weighted by Crippen LogP contribution is 2.29. The lowest BCUT2D eigenvalue weighted by molar-refractivity contribution is 0.481. The average molecular weight is 537 g/mol. The molecule has 0 saturated heterocycles. The van der Waals surface area contributed by atoms with Crippen molar-refractivity contribution in [2.75, 3.05) is 0 Å². The Balaban J connectivity index is 2.90. The van der Waals surface area contributed by atoms with E-state index in [2.05, 4.69) is 20.8 Å². The van der Waals surface area contributed by atoms with Gasteiger partial charge in [0.2, 0.25) is 0 Å². The number of aryl methyl sites for hydroxylation is 1. The largest absolute Gasteiger partial charge is 0.294 e. The van der Waals surface area contributed by atoms with Crippen molar-refractivity contribution in [3.8, 4) is 0 Å². The number of benzene rings is 1. The van der Waals surface area contributed by atoms with Gasteiger partial charge in [0.15, 0.2) is 0 Å². The topological polar surface area (TPSA) is 54.4 Å². The molecular formula is C33H60O3S. The Morgan fingerprint density at radius 1 is 0.486 bits per heavy atom. The van der Waals surface area contributed by atoms with Gasteiger partial charge in [-0.05, 0) is 61.3 Å². The molecule has 0 aromatic heterocycles. The molecule has 0 atom stereocenters. The number of rotatable bonds is 25. The van der Waals surface area contributed by atoms with Crippen molar-refractivity contribution in [1.29, 1.82) is 0 Å². The summed E-state index contributed by atoms with van der Waals surface area (Å²) in [6.45, 7) is 6.75. The Labute approximate surface area is 231 Å². The predicted molar refractivity (Wildman–Crippen MR) is 161 cm³/mol. The van der Waals surface area contributed by atoms with Gasteiger partial charge in [0.25, 0.3) is 10.1 Å². The summed E-state index contributed by atoms with van der Waals surface area (Å²) in [6.07, 6.45) is 29.0. The predicted octanol–water partition coefficient (Wildman–Crippen LogP) is 10.8. The zero-order chi connectivity index (χ0) is 27.2. The van der Waals surface area contributed by atoms with Crippen LogP contribution in [0, 0.1) is 0 Å². The molecule has 3 nitrogen and oxygen atoms in total. The molecule has 216 valence electrons. The summed E-state index contributed by atoms with van der Waals surface area (Å²) in [6, 6.07) is 3.70. The molecule has 1 N–H and O–H groups in total. The van der Waals surface area contributed by atoms with Crippen LogP contribution in [0.25, 0.3) is 0 Å². The molecule has 0 unspecified atom stereocenters. The van der Waals surface area contributed by atoms with Crippen LogP contribution < -0.4 is 0 Å². The normalized spacial score (nSPS) is 11.9. The summed E-state index contributed by atoms with van der Waals surface area (Å²) in [5.74, 6) is 0. The maximum atomic E-state index is 12.3. The van der Waals surface area contributed by atoms with E-state index in [1.807, 2.05) is 6.07 Å². The summed E-state index contributed by atoms with van der Waals surface area (Å²) in [7, 11) is -4.21. The molecule has 0 fully saturated rings. The fourth-order valence-electron chi connectivity index (χ4n) is 5.57. The molecule has 1 aromatic rings. The van der Waals surface area contributed by atoms with Crippen molar-refractivity contribution >= 4 is 10.1 Å². The first-order valence-electron chi connectivity index (χ1n) is 16.1. The van der Waals surface area contributed by atoms with Crippen LogP contribution in [0.2, 0.25) is 0 Å². The van der Waals surface area contributed by atoms with E-state index in [1.165, 1.54) is 120 Å². The second kappa shape index (κ2) is 22.0. The molecular weight excluding hydrogens is 476 g/mol. The third kappa shape index (κ3) is 16.0. The molecule has 4 heteroatoms. The molecule has 0 spiro atoms. The first-order chi connectivity index (χ1) is 18.0. The minimum atomic E-state index is -4.21. The molecule has 0 radical (unpaired) electrons. The molecule has 0 bridgehead atoms. The molecule has 0 heterocycles. The van der Waals surface area contributed by atoms with Crippen LogP contribution in [-0.2, 0) is 29.4 Å². The summed E-state index contributed by atoms with van der Waals surface area (Å²) in [5.41, 5.74) is 3.48. The third-order valence-electron chi connectivity index (χ3n) is 7.87. The van der Waals surface area contributed by atoms with E-state index >= 15 is 0 Å². The van der Waals surface area contributed by atoms with Crippen LogP contribution in [0.15, 0.2) is 17.0 Å². The van der Waals surface area contributed by atoms with E-state index < -0.39 is 10.1 Å². The maximum absolute atomic E-state index is 12.3. The summed E-state index contributed by atoms with van der Waals surface area (Å²) in [5, 5.41) is 0. The highest BCUT2D eigenvalue weighted by molar-refractivity contribution is 7.85. The Kier molecular flexibility index (Phi) is 20.3. The van der Waals surface area contributed by atoms with Crippen molar-refractivity contribution in [3.63, 3.8) is 0 Å². The van der Waals surface area contributed by atoms with Crippen LogP contribution in [0.3, 0.4) is 0 Å². The van der Waals surface area contributed by atoms with Crippen molar-refractivity contribution in [2.24, 2.45) is 0 Å². The van der Waals surface area contributed by atoms with Gasteiger partial charge in [-0.3, -0.25) is 4.55 Å². The third-order valence-corrected chi connectivity index (χ3v) is 8.81. The fraction of sp³-hybridized carbons (Fsp3) is 0.818. The van der Waals surface area contributed by atoms with Gasteiger partial charge in [-0.2, -0.15) is 8.42 Å². The quantitative estimate of drug-likeness (QED) is 0.0998. The molecule has 37 heavy (non-hydrogen) atoms. The van der Waals surface area contributed by atoms with Crippen LogP contribution in [0.4, 0.5) is 0 Å². The molecule has 0 amide bonds. The number of unbranched alkanes of at least 4 members (excludes halogenated alkanes) is 18. The van der Waals surface area contributed by atoms with Crippen molar-refractivity contribution < 1.29 is 13.0 Å². The Hall–Kier alpha value is -0.870. The molecule has 0 saturated carbocycles. The molecule has 0 aliphatic heterocycles. The van der Waals surface area contributed by atoms with E-state index in [0.717, 1.165) is 50.5 Å². The van der Waals surface area contributed by atoms with Gasteiger partial charge in [-0.25, -0.2) is 0 Å². The minimum Gasteiger partial charge on any atom is -0.282 e. The fourth-order valence-corrected chi connectivity index (χ4v) is 6.35. The SMILES string of the molecule is CCCCCCCCCc1ccc(S(=O)(=O)O)c(CCCCCCCCC)c1CCCCCCCCC. The van der Waals surface area contributed by atoms with E-state index in [1.54, 1.807) is 6.07 Å². The second-order valence-electron chi connectivity index (χ2n) is 11.3. The van der Waals surface area contributed by atoms with Crippen molar-refractivity contribution in [1.82, 2.24) is 0 Å². The van der Waals surface area contributed by atoms with Gasteiger partial charge in [-0.15, -0.1) is 0 Å². The van der Waals surface area contributed by atoms with Gasteiger partial charge in [-0.1, -0.05) is 142 Å². The lowest BCUT2D eigenvalue weighted by Gasteiger charge is -2.18. The Morgan fingerprint density at radius 2 is 0.838 bits per heavy atom. The first kappa shape index (κ1) is 34.2. The maximum Gasteiger partial charge on any atom is 0.294 e. The van der Waals surface area contributed by atoms with Gasteiger partial charge in [0.1, 0.15) is 0 Å². The summed E-state index contributed by atoms with van der Waals surface area (Å²) in [4.78, 5) is 0.166. The summed E-state index contributed by atoms with van der Waals surface area (Å²) >= 11 is 0. The standard InChI is InChI=1S/C33H60O3S/c1-4-7-10-13-16-19-22-25-30-28-29-33(37(34,35)36)32(27-24-21-18-15-12-9-6-3)31(30)26-23-20-17-14-11-8-5-2/h28-29H,4-27H2,1-3H3,(H,34,35,36). The summed E-state index contributed by atoms with van der Waals surface area (Å²) < 4.78 is 34.8. The van der Waals surface area contributed by atoms with Crippen LogP contribution in [-0.4, -0.2) is 13.0 Å². The lowest BCUT2D eigenvalue weighted by Crippen LogP contribution is -2.10. The molecule has 1 aromatic carbocycles. The van der Waals surface area contributed by atoms with Crippen molar-refractivity contribution in [2.45, 2.75) is 180 Å². The van der Waals surface area contributed by atoms with E-state index in [-0.39, 0.29) is 4.90 Å². The van der Waals surface area contributed by atoms with Crippen LogP contribution >= 0.6 is 0 Å². The first-order valence-corrected chi connectivity index (χ1v) is 17.5. The second-order valence-corrected chi connectivity index (χ2v) is 12.7. The van der Waals surface area contributed by atoms with Gasteiger partial charge in [0.05, 0.1) is 4.90 Å². The number of hydrogen-bond acceptors (Lipinski definition) is 2. The zero-order valence-corrected chi connectivity index (χ0v) is 25.6. The van der Waals surface area contributed by atoms with Gasteiger partial charge >= 0.3 is 0 Å². The highest BCUT2D eigenvalue weighted by atomic mass is 32.2. The van der Waals surface area contributed by atoms with E-state index in [4.69, 9.17) is 0 Å². The molecule has 0 aliphatic rings. The highest BCUT2D eigenvalue weighted by Gasteiger charge is 2.20. The minimum absolute atomic E-state index is 0.166. The van der Waals surface area contributed by atoms with Crippen LogP contribution in [0.1, 0.15) is 172 Å². The molecule has 0 aliphatic carbocycles. The van der Waals surface area contributed by atoms with Crippen molar-refractivity contribution in [3.05, 3.63) is 28.8 Å². The monoisotopic (exact) mass is 536 g/mol. The van der Waals surface area contributed by atoms with Gasteiger partial charge in [0, 0.05) is 0 Å². The van der Waals surface area contributed by atoms with E-state index in [0.29, 0.717) is 0 Å². The molecule has 1 rings (SSSR count). The number of hydrogen-bond donors (Lipinski definition) is 1. The lowest BCUT2D eigenvalue weighted by atomic mass is 9.90. The van der Waals surface area contributed by atoms with Gasteiger partial charge < -0.3 is 0 Å². The Bertz CT molecular complexity index is 785. The van der Waals surface area contributed by atoms with E-state index in [9.17, 15) is 13.0 Å². The smallest absolute Gasteiger partial charge is 0.282 e.